The molecule has 0 radical (unpaired) electrons. The number of hydrogen-bond acceptors (Lipinski definition) is 6. The average molecular weight is 488 g/mol. The van der Waals surface area contributed by atoms with Crippen molar-refractivity contribution in [3.63, 3.8) is 0 Å². The highest BCUT2D eigenvalue weighted by atomic mass is 35.5. The number of carbonyl (C=O) groups excluding carboxylic acids is 1. The van der Waals surface area contributed by atoms with E-state index in [2.05, 4.69) is 22.5 Å². The third-order valence-electron chi connectivity index (χ3n) is 6.50. The molecule has 0 bridgehead atoms. The predicted octanol–water partition coefficient (Wildman–Crippen LogP) is 4.35. The number of hydrogen-bond donors (Lipinski definition) is 3. The Balaban J connectivity index is 1.51. The van der Waals surface area contributed by atoms with E-state index in [9.17, 15) is 9.18 Å². The maximum absolute atomic E-state index is 14.1. The van der Waals surface area contributed by atoms with Crippen molar-refractivity contribution in [2.75, 3.05) is 19.6 Å². The number of halogens is 2. The number of amides is 1. The molecule has 7 nitrogen and oxygen atoms in total. The number of rotatable bonds is 5. The molecule has 1 amide bonds. The van der Waals surface area contributed by atoms with Crippen LogP contribution in [0.15, 0.2) is 45.3 Å². The smallest absolute Gasteiger partial charge is 0.258 e. The molecule has 0 atom stereocenters. The molecule has 1 saturated heterocycles. The van der Waals surface area contributed by atoms with Gasteiger partial charge in [0.25, 0.3) is 5.91 Å². The first-order valence-corrected chi connectivity index (χ1v) is 12.1. The first kappa shape index (κ1) is 24.4. The van der Waals surface area contributed by atoms with Gasteiger partial charge in [-0.15, -0.1) is 0 Å². The van der Waals surface area contributed by atoms with Gasteiger partial charge in [0.05, 0.1) is 41.2 Å². The highest BCUT2D eigenvalue weighted by Gasteiger charge is 2.32. The Morgan fingerprint density at radius 1 is 1.29 bits per heavy atom. The number of ether oxygens (including phenoxy) is 1. The van der Waals surface area contributed by atoms with Crippen LogP contribution in [0.5, 0.6) is 5.75 Å². The lowest BCUT2D eigenvalue weighted by atomic mass is 9.93. The Labute approximate surface area is 204 Å². The summed E-state index contributed by atoms with van der Waals surface area (Å²) >= 11 is 6.22. The van der Waals surface area contributed by atoms with Gasteiger partial charge in [0.1, 0.15) is 17.4 Å². The van der Waals surface area contributed by atoms with Crippen LogP contribution in [0.2, 0.25) is 0 Å². The van der Waals surface area contributed by atoms with Gasteiger partial charge in [-0.3, -0.25) is 4.79 Å². The molecule has 1 aliphatic carbocycles. The molecular weight excluding hydrogens is 457 g/mol. The van der Waals surface area contributed by atoms with E-state index in [4.69, 9.17) is 21.7 Å². The zero-order chi connectivity index (χ0) is 24.4. The molecule has 9 heteroatoms. The van der Waals surface area contributed by atoms with Crippen LogP contribution in [0.3, 0.4) is 0 Å². The van der Waals surface area contributed by atoms with Crippen molar-refractivity contribution in [3.05, 3.63) is 51.7 Å². The van der Waals surface area contributed by atoms with E-state index in [1.807, 2.05) is 13.8 Å². The lowest BCUT2D eigenvalue weighted by Gasteiger charge is -2.30. The first-order valence-electron chi connectivity index (χ1n) is 11.8. The SMILES string of the molecule is CCN[C@H]1CC[C@@H](Oc2cc(F)ccc2C(=O)N2CC(=N)/C(=C3/N=C(C)C(Cl)=C(C)N3)C2)CC1. The van der Waals surface area contributed by atoms with E-state index in [1.165, 1.54) is 18.2 Å². The monoisotopic (exact) mass is 487 g/mol. The molecule has 0 aromatic heterocycles. The molecule has 182 valence electrons. The summed E-state index contributed by atoms with van der Waals surface area (Å²) in [5, 5.41) is 15.6. The minimum absolute atomic E-state index is 0.0546. The minimum Gasteiger partial charge on any atom is -0.489 e. The number of nitrogens with one attached hydrogen (secondary N) is 3. The molecule has 34 heavy (non-hydrogen) atoms. The normalized spacial score (nSPS) is 25.4. The van der Waals surface area contributed by atoms with Gasteiger partial charge < -0.3 is 25.7 Å². The van der Waals surface area contributed by atoms with Crippen molar-refractivity contribution in [2.45, 2.75) is 58.6 Å². The summed E-state index contributed by atoms with van der Waals surface area (Å²) in [6.07, 6.45) is 3.63. The standard InChI is InChI=1S/C25H31ClFN5O2/c1-4-29-17-6-8-18(9-7-17)34-22-11-16(27)5-10-19(22)25(33)32-12-20(21(28)13-32)24-30-14(2)23(26)15(3)31-24/h5,10-11,17-18,28-30H,4,6-9,12-13H2,1-3H3/b24-20+,28-21?/t17-,18+. The van der Waals surface area contributed by atoms with E-state index in [-0.39, 0.29) is 30.9 Å². The number of nitrogens with zero attached hydrogens (tertiary/aromatic N) is 2. The van der Waals surface area contributed by atoms with Gasteiger partial charge in [-0.25, -0.2) is 9.38 Å². The fourth-order valence-corrected chi connectivity index (χ4v) is 4.76. The fourth-order valence-electron chi connectivity index (χ4n) is 4.68. The lowest BCUT2D eigenvalue weighted by molar-refractivity contribution is 0.0790. The van der Waals surface area contributed by atoms with E-state index in [0.717, 1.165) is 37.9 Å². The summed E-state index contributed by atoms with van der Waals surface area (Å²) < 4.78 is 20.2. The van der Waals surface area contributed by atoms with Crippen molar-refractivity contribution < 1.29 is 13.9 Å². The van der Waals surface area contributed by atoms with Crippen LogP contribution < -0.4 is 15.4 Å². The molecule has 2 fully saturated rings. The Hall–Kier alpha value is -2.71. The number of likely N-dealkylation sites (tertiary alicyclic amines) is 1. The van der Waals surface area contributed by atoms with Crippen LogP contribution in [-0.4, -0.2) is 54.0 Å². The van der Waals surface area contributed by atoms with Crippen molar-refractivity contribution in [1.29, 1.82) is 5.41 Å². The second-order valence-electron chi connectivity index (χ2n) is 9.02. The Morgan fingerprint density at radius 2 is 2.03 bits per heavy atom. The van der Waals surface area contributed by atoms with Gasteiger partial charge in [-0.1, -0.05) is 18.5 Å². The topological polar surface area (TPSA) is 89.8 Å². The van der Waals surface area contributed by atoms with Crippen LogP contribution in [0.25, 0.3) is 0 Å². The molecule has 3 aliphatic rings. The molecular formula is C25H31ClFN5O2. The Bertz CT molecular complexity index is 1090. The molecule has 2 heterocycles. The number of benzene rings is 1. The van der Waals surface area contributed by atoms with Crippen molar-refractivity contribution in [1.82, 2.24) is 15.5 Å². The Kier molecular flexibility index (Phi) is 7.38. The van der Waals surface area contributed by atoms with E-state index >= 15 is 0 Å². The summed E-state index contributed by atoms with van der Waals surface area (Å²) in [7, 11) is 0. The Morgan fingerprint density at radius 3 is 2.71 bits per heavy atom. The highest BCUT2D eigenvalue weighted by molar-refractivity contribution is 6.43. The summed E-state index contributed by atoms with van der Waals surface area (Å²) in [6, 6.07) is 4.51. The molecule has 3 N–H and O–H groups in total. The van der Waals surface area contributed by atoms with Crippen molar-refractivity contribution in [2.24, 2.45) is 4.99 Å². The highest BCUT2D eigenvalue weighted by Crippen LogP contribution is 2.30. The fraction of sp³-hybridized carbons (Fsp3) is 0.480. The minimum atomic E-state index is -0.444. The number of aliphatic imine (C=N–C) groups is 1. The van der Waals surface area contributed by atoms with Crippen LogP contribution in [0.4, 0.5) is 4.39 Å². The molecule has 1 saturated carbocycles. The molecule has 0 spiro atoms. The lowest BCUT2D eigenvalue weighted by Crippen LogP contribution is -2.36. The summed E-state index contributed by atoms with van der Waals surface area (Å²) in [5.74, 6) is 0.0613. The van der Waals surface area contributed by atoms with Gasteiger partial charge >= 0.3 is 0 Å². The van der Waals surface area contributed by atoms with Gasteiger partial charge in [0.2, 0.25) is 0 Å². The second-order valence-corrected chi connectivity index (χ2v) is 9.40. The molecule has 1 aromatic carbocycles. The van der Waals surface area contributed by atoms with Crippen molar-refractivity contribution >= 4 is 28.9 Å². The van der Waals surface area contributed by atoms with Gasteiger partial charge in [-0.05, 0) is 58.2 Å². The first-order chi connectivity index (χ1) is 16.3. The van der Waals surface area contributed by atoms with Crippen molar-refractivity contribution in [3.8, 4) is 5.75 Å². The quantitative estimate of drug-likeness (QED) is 0.576. The summed E-state index contributed by atoms with van der Waals surface area (Å²) in [4.78, 5) is 19.5. The molecule has 4 rings (SSSR count). The zero-order valence-corrected chi connectivity index (χ0v) is 20.6. The van der Waals surface area contributed by atoms with Crippen LogP contribution in [0, 0.1) is 11.2 Å². The third-order valence-corrected chi connectivity index (χ3v) is 7.06. The maximum atomic E-state index is 14.1. The molecule has 1 aromatic rings. The number of carbonyl (C=O) groups is 1. The van der Waals surface area contributed by atoms with E-state index < -0.39 is 5.82 Å². The zero-order valence-electron chi connectivity index (χ0n) is 19.8. The molecule has 0 unspecified atom stereocenters. The largest absolute Gasteiger partial charge is 0.489 e. The van der Waals surface area contributed by atoms with Gasteiger partial charge in [0.15, 0.2) is 0 Å². The summed E-state index contributed by atoms with van der Waals surface area (Å²) in [6.45, 7) is 7.06. The van der Waals surface area contributed by atoms with Gasteiger partial charge in [0, 0.05) is 23.4 Å². The summed E-state index contributed by atoms with van der Waals surface area (Å²) in [5.41, 5.74) is 2.68. The van der Waals surface area contributed by atoms with E-state index in [1.54, 1.807) is 4.90 Å². The molecule has 2 aliphatic heterocycles. The third kappa shape index (κ3) is 5.18. The second kappa shape index (κ2) is 10.3. The van der Waals surface area contributed by atoms with Crippen LogP contribution in [0.1, 0.15) is 56.8 Å². The van der Waals surface area contributed by atoms with Gasteiger partial charge in [-0.2, -0.15) is 0 Å². The maximum Gasteiger partial charge on any atom is 0.258 e. The predicted molar refractivity (Wildman–Crippen MR) is 132 cm³/mol. The van der Waals surface area contributed by atoms with Crippen LogP contribution >= 0.6 is 11.6 Å². The van der Waals surface area contributed by atoms with E-state index in [0.29, 0.717) is 39.5 Å². The average Bonchev–Trinajstić information content (AvgIpc) is 3.20. The van der Waals surface area contributed by atoms with Crippen LogP contribution in [-0.2, 0) is 0 Å². The number of allylic oxidation sites excluding steroid dienone is 2.